The Labute approximate surface area is 208 Å². The molecule has 0 saturated carbocycles. The monoisotopic (exact) mass is 507 g/mol. The van der Waals surface area contributed by atoms with E-state index in [1.165, 1.54) is 11.0 Å². The number of hydrogen-bond acceptors (Lipinski definition) is 4. The highest BCUT2D eigenvalue weighted by molar-refractivity contribution is 7.92. The largest absolute Gasteiger partial charge is 0.352 e. The summed E-state index contributed by atoms with van der Waals surface area (Å²) in [5.41, 5.74) is 1.32. The van der Waals surface area contributed by atoms with E-state index >= 15 is 0 Å². The second-order valence-electron chi connectivity index (χ2n) is 8.31. The first-order chi connectivity index (χ1) is 16.1. The van der Waals surface area contributed by atoms with Gasteiger partial charge in [-0.25, -0.2) is 8.42 Å². The van der Waals surface area contributed by atoms with E-state index in [0.29, 0.717) is 23.6 Å². The van der Waals surface area contributed by atoms with E-state index in [1.54, 1.807) is 18.2 Å². The number of amides is 2. The first-order valence-corrected chi connectivity index (χ1v) is 13.7. The van der Waals surface area contributed by atoms with Crippen molar-refractivity contribution in [3.8, 4) is 0 Å². The normalized spacial score (nSPS) is 13.1. The van der Waals surface area contributed by atoms with Crippen LogP contribution in [0.2, 0.25) is 5.02 Å². The van der Waals surface area contributed by atoms with Gasteiger partial charge in [-0.15, -0.1) is 0 Å². The fourth-order valence-electron chi connectivity index (χ4n) is 3.58. The molecule has 186 valence electrons. The molecule has 0 aliphatic heterocycles. The smallest absolute Gasteiger partial charge is 0.244 e. The summed E-state index contributed by atoms with van der Waals surface area (Å²) in [6.45, 7) is 5.57. The molecule has 2 rings (SSSR count). The maximum Gasteiger partial charge on any atom is 0.244 e. The average molecular weight is 508 g/mol. The fraction of sp³-hybridized carbons (Fsp3) is 0.440. The highest BCUT2D eigenvalue weighted by Gasteiger charge is 2.31. The van der Waals surface area contributed by atoms with Crippen molar-refractivity contribution < 1.29 is 18.0 Å². The molecular weight excluding hydrogens is 474 g/mol. The van der Waals surface area contributed by atoms with Gasteiger partial charge in [0.1, 0.15) is 12.6 Å². The van der Waals surface area contributed by atoms with Gasteiger partial charge in [-0.3, -0.25) is 13.9 Å². The summed E-state index contributed by atoms with van der Waals surface area (Å²) < 4.78 is 26.2. The Bertz CT molecular complexity index is 1060. The number of rotatable bonds is 12. The Kier molecular flexibility index (Phi) is 10.4. The van der Waals surface area contributed by atoms with E-state index in [9.17, 15) is 18.0 Å². The molecule has 0 fully saturated rings. The van der Waals surface area contributed by atoms with Crippen LogP contribution in [0, 0.1) is 0 Å². The molecule has 0 aromatic heterocycles. The quantitative estimate of drug-likeness (QED) is 0.472. The van der Waals surface area contributed by atoms with E-state index in [0.717, 1.165) is 22.5 Å². The first kappa shape index (κ1) is 27.7. The molecule has 0 aliphatic rings. The summed E-state index contributed by atoms with van der Waals surface area (Å²) in [6, 6.07) is 15.2. The van der Waals surface area contributed by atoms with Crippen molar-refractivity contribution in [3.63, 3.8) is 0 Å². The number of benzene rings is 2. The number of anilines is 1. The van der Waals surface area contributed by atoms with Crippen LogP contribution in [0.25, 0.3) is 0 Å². The van der Waals surface area contributed by atoms with E-state index in [-0.39, 0.29) is 18.5 Å². The second-order valence-corrected chi connectivity index (χ2v) is 10.7. The SMILES string of the molecule is CCC(C)NC(=O)C(CC)N(CCc1ccccc1)C(=O)CN(c1cccc(Cl)c1)S(C)(=O)=O. The molecule has 9 heteroatoms. The molecule has 7 nitrogen and oxygen atoms in total. The Morgan fingerprint density at radius 3 is 2.26 bits per heavy atom. The standard InChI is InChI=1S/C25H34ClN3O4S/c1-5-19(3)27-25(31)23(6-2)28(16-15-20-11-8-7-9-12-20)24(30)18-29(34(4,32)33)22-14-10-13-21(26)17-22/h7-14,17,19,23H,5-6,15-16,18H2,1-4H3,(H,27,31). The summed E-state index contributed by atoms with van der Waals surface area (Å²) in [4.78, 5) is 28.1. The lowest BCUT2D eigenvalue weighted by molar-refractivity contribution is -0.139. The summed E-state index contributed by atoms with van der Waals surface area (Å²) in [6.07, 6.45) is 2.74. The van der Waals surface area contributed by atoms with Crippen LogP contribution in [0.3, 0.4) is 0 Å². The molecule has 0 radical (unpaired) electrons. The summed E-state index contributed by atoms with van der Waals surface area (Å²) in [5.74, 6) is -0.695. The van der Waals surface area contributed by atoms with E-state index in [4.69, 9.17) is 11.6 Å². The third-order valence-electron chi connectivity index (χ3n) is 5.65. The van der Waals surface area contributed by atoms with Crippen molar-refractivity contribution in [2.75, 3.05) is 23.7 Å². The van der Waals surface area contributed by atoms with Crippen LogP contribution in [0.4, 0.5) is 5.69 Å². The number of carbonyl (C=O) groups is 2. The Morgan fingerprint density at radius 2 is 1.71 bits per heavy atom. The molecule has 0 heterocycles. The minimum Gasteiger partial charge on any atom is -0.352 e. The summed E-state index contributed by atoms with van der Waals surface area (Å²) in [5, 5.41) is 3.31. The van der Waals surface area contributed by atoms with Crippen LogP contribution in [0.15, 0.2) is 54.6 Å². The van der Waals surface area contributed by atoms with Crippen LogP contribution >= 0.6 is 11.6 Å². The lowest BCUT2D eigenvalue weighted by Gasteiger charge is -2.33. The van der Waals surface area contributed by atoms with Gasteiger partial charge in [0, 0.05) is 17.6 Å². The van der Waals surface area contributed by atoms with Crippen molar-refractivity contribution >= 4 is 39.1 Å². The molecular formula is C25H34ClN3O4S. The predicted octanol–water partition coefficient (Wildman–Crippen LogP) is 3.87. The number of sulfonamides is 1. The summed E-state index contributed by atoms with van der Waals surface area (Å²) >= 11 is 6.06. The van der Waals surface area contributed by atoms with Crippen molar-refractivity contribution in [3.05, 3.63) is 65.2 Å². The Hall–Kier alpha value is -2.58. The van der Waals surface area contributed by atoms with E-state index in [2.05, 4.69) is 5.32 Å². The molecule has 34 heavy (non-hydrogen) atoms. The molecule has 2 aromatic carbocycles. The van der Waals surface area contributed by atoms with Crippen LogP contribution in [0.5, 0.6) is 0 Å². The van der Waals surface area contributed by atoms with Gasteiger partial charge in [0.2, 0.25) is 21.8 Å². The van der Waals surface area contributed by atoms with Gasteiger partial charge in [-0.05, 0) is 49.9 Å². The van der Waals surface area contributed by atoms with Crippen LogP contribution in [-0.4, -0.2) is 56.6 Å². The number of nitrogens with one attached hydrogen (secondary N) is 1. The topological polar surface area (TPSA) is 86.8 Å². The zero-order valence-corrected chi connectivity index (χ0v) is 21.8. The predicted molar refractivity (Wildman–Crippen MR) is 137 cm³/mol. The minimum absolute atomic E-state index is 0.0356. The molecule has 2 atom stereocenters. The zero-order chi connectivity index (χ0) is 25.3. The van der Waals surface area contributed by atoms with Crippen molar-refractivity contribution in [2.45, 2.75) is 52.1 Å². The first-order valence-electron chi connectivity index (χ1n) is 11.4. The molecule has 1 N–H and O–H groups in total. The lowest BCUT2D eigenvalue weighted by atomic mass is 10.1. The lowest BCUT2D eigenvalue weighted by Crippen LogP contribution is -2.54. The van der Waals surface area contributed by atoms with Crippen LogP contribution in [-0.2, 0) is 26.0 Å². The van der Waals surface area contributed by atoms with Gasteiger partial charge in [-0.1, -0.05) is 61.8 Å². The maximum atomic E-state index is 13.5. The van der Waals surface area contributed by atoms with E-state index < -0.39 is 28.5 Å². The highest BCUT2D eigenvalue weighted by Crippen LogP contribution is 2.22. The number of hydrogen-bond donors (Lipinski definition) is 1. The van der Waals surface area contributed by atoms with Crippen molar-refractivity contribution in [1.29, 1.82) is 0 Å². The number of halogens is 1. The third-order valence-corrected chi connectivity index (χ3v) is 7.02. The molecule has 0 spiro atoms. The zero-order valence-electron chi connectivity index (χ0n) is 20.2. The second kappa shape index (κ2) is 12.8. The average Bonchev–Trinajstić information content (AvgIpc) is 2.79. The third kappa shape index (κ3) is 8.02. The summed E-state index contributed by atoms with van der Waals surface area (Å²) in [7, 11) is -3.78. The minimum atomic E-state index is -3.78. The maximum absolute atomic E-state index is 13.5. The molecule has 2 aromatic rings. The fourth-order valence-corrected chi connectivity index (χ4v) is 4.61. The molecule has 2 unspecified atom stereocenters. The van der Waals surface area contributed by atoms with Crippen LogP contribution < -0.4 is 9.62 Å². The highest BCUT2D eigenvalue weighted by atomic mass is 35.5. The van der Waals surface area contributed by atoms with Crippen molar-refractivity contribution in [2.24, 2.45) is 0 Å². The molecule has 0 saturated heterocycles. The van der Waals surface area contributed by atoms with Gasteiger partial charge < -0.3 is 10.2 Å². The van der Waals surface area contributed by atoms with Gasteiger partial charge in [0.15, 0.2) is 0 Å². The van der Waals surface area contributed by atoms with Gasteiger partial charge in [0.05, 0.1) is 11.9 Å². The Balaban J connectivity index is 2.36. The number of carbonyl (C=O) groups excluding carboxylic acids is 2. The van der Waals surface area contributed by atoms with E-state index in [1.807, 2.05) is 51.1 Å². The molecule has 0 aliphatic carbocycles. The van der Waals surface area contributed by atoms with Gasteiger partial charge in [0.25, 0.3) is 0 Å². The Morgan fingerprint density at radius 1 is 1.03 bits per heavy atom. The van der Waals surface area contributed by atoms with Crippen LogP contribution in [0.1, 0.15) is 39.2 Å². The van der Waals surface area contributed by atoms with Gasteiger partial charge >= 0.3 is 0 Å². The molecule has 2 amide bonds. The van der Waals surface area contributed by atoms with Crippen molar-refractivity contribution in [1.82, 2.24) is 10.2 Å². The molecule has 0 bridgehead atoms. The number of nitrogens with zero attached hydrogens (tertiary/aromatic N) is 2. The van der Waals surface area contributed by atoms with Gasteiger partial charge in [-0.2, -0.15) is 0 Å².